The number of hydrogen-bond donors (Lipinski definition) is 2. The average Bonchev–Trinajstić information content (AvgIpc) is 3.54. The van der Waals surface area contributed by atoms with Gasteiger partial charge in [0.15, 0.2) is 0 Å². The van der Waals surface area contributed by atoms with Crippen LogP contribution >= 0.6 is 8.53 Å². The lowest BCUT2D eigenvalue weighted by atomic mass is 9.92. The van der Waals surface area contributed by atoms with Crippen LogP contribution in [0.15, 0.2) is 58.3 Å². The number of aromatic nitrogens is 2. The number of hydrogen-bond acceptors (Lipinski definition) is 10. The molecule has 2 unspecified atom stereocenters. The summed E-state index contributed by atoms with van der Waals surface area (Å²) in [7, 11) is 0.0951. The molecule has 5 atom stereocenters. The van der Waals surface area contributed by atoms with E-state index in [0.717, 1.165) is 22.1 Å². The Morgan fingerprint density at radius 1 is 1.13 bits per heavy atom. The van der Waals surface area contributed by atoms with Crippen molar-refractivity contribution in [2.24, 2.45) is 0 Å². The standard InChI is InChI=1S/C39H52N5O8P/c1-8-34-35(52-53(50-20-10-18-40)44(25(2)3)26(4)5)23-37(51-34)43-24-31(38(47)42-39(43)48)15-17-36(46)41-19-9-11-33(45)27(6)28-12-13-30-22-32(49-7)16-14-29(30)21-28/h12-17,21-22,24-27,34-35,37H,8-11,19-20,23H2,1-7H3,(H,41,46)(H,42,47,48)/b17-15+/t27?,34-,35+,37-,53?/m1/s1. The van der Waals surface area contributed by atoms with E-state index in [0.29, 0.717) is 25.7 Å². The highest BCUT2D eigenvalue weighted by Crippen LogP contribution is 2.50. The molecule has 0 saturated carbocycles. The average molecular weight is 750 g/mol. The molecule has 1 saturated heterocycles. The first kappa shape index (κ1) is 41.6. The van der Waals surface area contributed by atoms with Crippen LogP contribution in [0.5, 0.6) is 5.75 Å². The number of methoxy groups -OCH3 is 1. The summed E-state index contributed by atoms with van der Waals surface area (Å²) in [6, 6.07) is 14.1. The van der Waals surface area contributed by atoms with Gasteiger partial charge in [0.05, 0.1) is 44.0 Å². The summed E-state index contributed by atoms with van der Waals surface area (Å²) in [5.41, 5.74) is -0.248. The lowest BCUT2D eigenvalue weighted by molar-refractivity contribution is -0.120. The van der Waals surface area contributed by atoms with Crippen molar-refractivity contribution in [2.45, 2.75) is 110 Å². The van der Waals surface area contributed by atoms with Crippen LogP contribution in [0.3, 0.4) is 0 Å². The van der Waals surface area contributed by atoms with Crippen LogP contribution in [0.1, 0.15) is 96.9 Å². The molecule has 2 aromatic carbocycles. The molecule has 286 valence electrons. The summed E-state index contributed by atoms with van der Waals surface area (Å²) >= 11 is 0. The summed E-state index contributed by atoms with van der Waals surface area (Å²) in [6.45, 7) is 12.6. The van der Waals surface area contributed by atoms with Gasteiger partial charge in [0, 0.05) is 49.7 Å². The van der Waals surface area contributed by atoms with Gasteiger partial charge < -0.3 is 23.8 Å². The Balaban J connectivity index is 1.34. The van der Waals surface area contributed by atoms with Crippen molar-refractivity contribution in [3.63, 3.8) is 0 Å². The SMILES string of the molecule is CC[C@H]1O[C@@H](n2cc(/C=C/C(=O)NCCCC(=O)C(C)c3ccc4cc(OC)ccc4c3)c(=O)[nH]c2=O)C[C@@H]1OP(OCCC#N)N(C(C)C)C(C)C. The van der Waals surface area contributed by atoms with Gasteiger partial charge in [-0.2, -0.15) is 5.26 Å². The zero-order valence-electron chi connectivity index (χ0n) is 31.7. The van der Waals surface area contributed by atoms with Crippen molar-refractivity contribution in [1.29, 1.82) is 5.26 Å². The number of rotatable bonds is 19. The number of nitriles is 1. The molecule has 1 aliphatic heterocycles. The number of carbonyl (C=O) groups excluding carboxylic acids is 2. The third-order valence-electron chi connectivity index (χ3n) is 9.14. The van der Waals surface area contributed by atoms with E-state index >= 15 is 0 Å². The fourth-order valence-corrected chi connectivity index (χ4v) is 8.09. The smallest absolute Gasteiger partial charge is 0.330 e. The molecule has 1 amide bonds. The van der Waals surface area contributed by atoms with Crippen molar-refractivity contribution in [1.82, 2.24) is 19.5 Å². The number of amides is 1. The van der Waals surface area contributed by atoms with Crippen molar-refractivity contribution >= 4 is 37.1 Å². The van der Waals surface area contributed by atoms with Crippen LogP contribution in [0.25, 0.3) is 16.8 Å². The Labute approximate surface area is 312 Å². The minimum atomic E-state index is -1.53. The van der Waals surface area contributed by atoms with Gasteiger partial charge in [-0.25, -0.2) is 9.46 Å². The molecule has 13 nitrogen and oxygen atoms in total. The number of aromatic amines is 1. The minimum Gasteiger partial charge on any atom is -0.497 e. The van der Waals surface area contributed by atoms with Crippen LogP contribution in [-0.4, -0.2) is 70.5 Å². The number of H-pyrrole nitrogens is 1. The summed E-state index contributed by atoms with van der Waals surface area (Å²) in [6.07, 6.45) is 4.39. The van der Waals surface area contributed by atoms with Gasteiger partial charge in [-0.05, 0) is 75.1 Å². The van der Waals surface area contributed by atoms with Crippen LogP contribution in [0.4, 0.5) is 0 Å². The number of fused-ring (bicyclic) bond motifs is 1. The van der Waals surface area contributed by atoms with Crippen molar-refractivity contribution < 1.29 is 28.1 Å². The molecule has 14 heteroatoms. The molecule has 0 bridgehead atoms. The Kier molecular flexibility index (Phi) is 15.5. The maximum Gasteiger partial charge on any atom is 0.330 e. The van der Waals surface area contributed by atoms with E-state index in [1.54, 1.807) is 7.11 Å². The second kappa shape index (κ2) is 19.8. The first-order chi connectivity index (χ1) is 25.4. The second-order valence-corrected chi connectivity index (χ2v) is 15.0. The van der Waals surface area contributed by atoms with Gasteiger partial charge >= 0.3 is 5.69 Å². The molecule has 0 spiro atoms. The maximum absolute atomic E-state index is 12.9. The van der Waals surface area contributed by atoms with Gasteiger partial charge in [-0.3, -0.25) is 23.9 Å². The highest BCUT2D eigenvalue weighted by Gasteiger charge is 2.40. The molecular formula is C39H52N5O8P. The normalized spacial score (nSPS) is 18.5. The maximum atomic E-state index is 12.9. The molecule has 2 heterocycles. The van der Waals surface area contributed by atoms with E-state index in [4.69, 9.17) is 23.8 Å². The number of nitrogens with zero attached hydrogens (tertiary/aromatic N) is 3. The Bertz CT molecular complexity index is 1890. The number of carbonyl (C=O) groups is 2. The predicted octanol–water partition coefficient (Wildman–Crippen LogP) is 6.34. The quantitative estimate of drug-likeness (QED) is 0.0803. The molecule has 53 heavy (non-hydrogen) atoms. The lowest BCUT2D eigenvalue weighted by Gasteiger charge is -2.37. The second-order valence-electron chi connectivity index (χ2n) is 13.6. The van der Waals surface area contributed by atoms with Crippen LogP contribution in [-0.2, 0) is 23.4 Å². The number of benzene rings is 2. The van der Waals surface area contributed by atoms with Crippen molar-refractivity contribution in [3.8, 4) is 11.8 Å². The number of ketones is 1. The fourth-order valence-electron chi connectivity index (χ4n) is 6.33. The lowest BCUT2D eigenvalue weighted by Crippen LogP contribution is -2.35. The zero-order valence-corrected chi connectivity index (χ0v) is 32.6. The molecule has 0 radical (unpaired) electrons. The molecule has 4 rings (SSSR count). The number of nitrogens with one attached hydrogen (secondary N) is 2. The number of Topliss-reactive ketones (excluding diaryl/α,β-unsaturated/α-hetero) is 1. The van der Waals surface area contributed by atoms with Crippen LogP contribution < -0.4 is 21.3 Å². The van der Waals surface area contributed by atoms with E-state index in [1.165, 1.54) is 22.9 Å². The van der Waals surface area contributed by atoms with E-state index in [1.807, 2.05) is 50.2 Å². The van der Waals surface area contributed by atoms with Gasteiger partial charge in [-0.1, -0.05) is 38.1 Å². The first-order valence-corrected chi connectivity index (χ1v) is 19.3. The summed E-state index contributed by atoms with van der Waals surface area (Å²) in [5, 5.41) is 13.9. The van der Waals surface area contributed by atoms with Crippen molar-refractivity contribution in [3.05, 3.63) is 80.6 Å². The molecule has 3 aromatic rings. The van der Waals surface area contributed by atoms with E-state index in [9.17, 15) is 19.2 Å². The summed E-state index contributed by atoms with van der Waals surface area (Å²) in [4.78, 5) is 53.5. The number of ether oxygens (including phenoxy) is 2. The highest BCUT2D eigenvalue weighted by atomic mass is 31.2. The van der Waals surface area contributed by atoms with E-state index in [-0.39, 0.29) is 55.0 Å². The fraction of sp³-hybridized carbons (Fsp3) is 0.513. The molecule has 1 fully saturated rings. The van der Waals surface area contributed by atoms with Crippen molar-refractivity contribution in [2.75, 3.05) is 20.3 Å². The zero-order chi connectivity index (χ0) is 38.7. The molecule has 1 aliphatic rings. The third-order valence-corrected chi connectivity index (χ3v) is 11.3. The van der Waals surface area contributed by atoms with E-state index < -0.39 is 38.0 Å². The van der Waals surface area contributed by atoms with Gasteiger partial charge in [0.1, 0.15) is 17.8 Å². The van der Waals surface area contributed by atoms with Gasteiger partial charge in [-0.15, -0.1) is 0 Å². The van der Waals surface area contributed by atoms with Crippen LogP contribution in [0, 0.1) is 11.3 Å². The third kappa shape index (κ3) is 11.2. The largest absolute Gasteiger partial charge is 0.497 e. The van der Waals surface area contributed by atoms with Gasteiger partial charge in [0.2, 0.25) is 5.91 Å². The monoisotopic (exact) mass is 749 g/mol. The minimum absolute atomic E-state index is 0.0730. The predicted molar refractivity (Wildman–Crippen MR) is 205 cm³/mol. The van der Waals surface area contributed by atoms with E-state index in [2.05, 4.69) is 48.7 Å². The first-order valence-electron chi connectivity index (χ1n) is 18.2. The topological polar surface area (TPSA) is 165 Å². The molecule has 1 aromatic heterocycles. The molecule has 2 N–H and O–H groups in total. The van der Waals surface area contributed by atoms with Gasteiger partial charge in [0.25, 0.3) is 14.1 Å². The Hall–Kier alpha value is -4.18. The molecular weight excluding hydrogens is 697 g/mol. The summed E-state index contributed by atoms with van der Waals surface area (Å²) in [5.74, 6) is 0.118. The highest BCUT2D eigenvalue weighted by molar-refractivity contribution is 7.44. The Morgan fingerprint density at radius 2 is 1.85 bits per heavy atom. The molecule has 0 aliphatic carbocycles. The summed E-state index contributed by atoms with van der Waals surface area (Å²) < 4.78 is 27.6. The van der Waals surface area contributed by atoms with Crippen LogP contribution in [0.2, 0.25) is 0 Å². The Morgan fingerprint density at radius 3 is 2.53 bits per heavy atom.